The van der Waals surface area contributed by atoms with Gasteiger partial charge in [-0.1, -0.05) is 6.07 Å². The fourth-order valence-corrected chi connectivity index (χ4v) is 2.17. The quantitative estimate of drug-likeness (QED) is 0.455. The minimum absolute atomic E-state index is 0.0396. The highest BCUT2D eigenvalue weighted by Gasteiger charge is 2.04. The summed E-state index contributed by atoms with van der Waals surface area (Å²) < 4.78 is 0. The van der Waals surface area contributed by atoms with E-state index in [-0.39, 0.29) is 5.69 Å². The SMILES string of the molecule is Cc1cc(C)cc(NNC(=S)Nc2ccc([N+](=O)[O-])cc2)c1. The molecule has 2 aromatic rings. The normalized spacial score (nSPS) is 9.91. The Bertz CT molecular complexity index is 681. The van der Waals surface area contributed by atoms with Crippen LogP contribution in [0.1, 0.15) is 11.1 Å². The van der Waals surface area contributed by atoms with Crippen molar-refractivity contribution >= 4 is 34.4 Å². The number of nitro groups is 1. The number of hydrazine groups is 1. The highest BCUT2D eigenvalue weighted by molar-refractivity contribution is 7.80. The molecule has 0 aliphatic rings. The van der Waals surface area contributed by atoms with Crippen LogP contribution in [0.2, 0.25) is 0 Å². The van der Waals surface area contributed by atoms with Crippen LogP contribution < -0.4 is 16.2 Å². The van der Waals surface area contributed by atoms with Crippen LogP contribution in [-0.2, 0) is 0 Å². The number of thiocarbonyl (C=S) groups is 1. The summed E-state index contributed by atoms with van der Waals surface area (Å²) >= 11 is 5.17. The number of aryl methyl sites for hydroxylation is 2. The summed E-state index contributed by atoms with van der Waals surface area (Å²) in [6, 6.07) is 12.1. The Morgan fingerprint density at radius 3 is 2.18 bits per heavy atom. The van der Waals surface area contributed by atoms with Gasteiger partial charge in [0.1, 0.15) is 0 Å². The molecule has 0 aliphatic heterocycles. The Morgan fingerprint density at radius 1 is 1.05 bits per heavy atom. The van der Waals surface area contributed by atoms with E-state index in [0.717, 1.165) is 16.8 Å². The predicted molar refractivity (Wildman–Crippen MR) is 92.0 cm³/mol. The van der Waals surface area contributed by atoms with Crippen LogP contribution in [0.4, 0.5) is 17.1 Å². The van der Waals surface area contributed by atoms with E-state index in [9.17, 15) is 10.1 Å². The topological polar surface area (TPSA) is 79.2 Å². The summed E-state index contributed by atoms with van der Waals surface area (Å²) in [5, 5.41) is 13.9. The summed E-state index contributed by atoms with van der Waals surface area (Å²) in [7, 11) is 0. The van der Waals surface area contributed by atoms with Crippen molar-refractivity contribution in [1.29, 1.82) is 0 Å². The molecule has 3 N–H and O–H groups in total. The van der Waals surface area contributed by atoms with Gasteiger partial charge in [-0.15, -0.1) is 0 Å². The average Bonchev–Trinajstić information content (AvgIpc) is 2.45. The molecule has 2 aromatic carbocycles. The predicted octanol–water partition coefficient (Wildman–Crippen LogP) is 3.53. The zero-order chi connectivity index (χ0) is 16.1. The first-order valence-corrected chi connectivity index (χ1v) is 7.00. The third kappa shape index (κ3) is 4.42. The van der Waals surface area contributed by atoms with Gasteiger partial charge in [-0.2, -0.15) is 0 Å². The molecule has 0 radical (unpaired) electrons. The summed E-state index contributed by atoms with van der Waals surface area (Å²) in [5.41, 5.74) is 9.81. The molecule has 0 bridgehead atoms. The average molecular weight is 316 g/mol. The number of nitrogens with zero attached hydrogens (tertiary/aromatic N) is 1. The van der Waals surface area contributed by atoms with Gasteiger partial charge < -0.3 is 5.32 Å². The van der Waals surface area contributed by atoms with Gasteiger partial charge >= 0.3 is 0 Å². The minimum atomic E-state index is -0.442. The number of benzene rings is 2. The standard InChI is InChI=1S/C15H16N4O2S/c1-10-7-11(2)9-13(8-10)17-18-15(22)16-12-3-5-14(6-4-12)19(20)21/h3-9,17H,1-2H3,(H2,16,18,22). The van der Waals surface area contributed by atoms with E-state index in [4.69, 9.17) is 12.2 Å². The Morgan fingerprint density at radius 2 is 1.64 bits per heavy atom. The largest absolute Gasteiger partial charge is 0.331 e. The van der Waals surface area contributed by atoms with E-state index in [1.807, 2.05) is 26.0 Å². The van der Waals surface area contributed by atoms with Gasteiger partial charge in [0.2, 0.25) is 0 Å². The molecule has 0 aromatic heterocycles. The first-order chi connectivity index (χ1) is 10.4. The van der Waals surface area contributed by atoms with Crippen molar-refractivity contribution in [1.82, 2.24) is 5.43 Å². The maximum absolute atomic E-state index is 10.6. The molecule has 0 saturated carbocycles. The van der Waals surface area contributed by atoms with Gasteiger partial charge in [-0.3, -0.25) is 21.0 Å². The summed E-state index contributed by atoms with van der Waals surface area (Å²) in [4.78, 5) is 10.1. The summed E-state index contributed by atoms with van der Waals surface area (Å²) in [6.07, 6.45) is 0. The van der Waals surface area contributed by atoms with Crippen molar-refractivity contribution in [3.8, 4) is 0 Å². The van der Waals surface area contributed by atoms with Gasteiger partial charge in [0.05, 0.1) is 10.6 Å². The monoisotopic (exact) mass is 316 g/mol. The van der Waals surface area contributed by atoms with E-state index in [1.54, 1.807) is 12.1 Å². The lowest BCUT2D eigenvalue weighted by molar-refractivity contribution is -0.384. The summed E-state index contributed by atoms with van der Waals surface area (Å²) in [6.45, 7) is 4.04. The van der Waals surface area contributed by atoms with E-state index < -0.39 is 4.92 Å². The van der Waals surface area contributed by atoms with Crippen molar-refractivity contribution in [2.45, 2.75) is 13.8 Å². The number of hydrogen-bond acceptors (Lipinski definition) is 4. The number of anilines is 2. The van der Waals surface area contributed by atoms with Crippen LogP contribution in [0, 0.1) is 24.0 Å². The number of nitrogens with one attached hydrogen (secondary N) is 3. The van der Waals surface area contributed by atoms with E-state index in [2.05, 4.69) is 22.2 Å². The minimum Gasteiger partial charge on any atom is -0.331 e. The van der Waals surface area contributed by atoms with Crippen molar-refractivity contribution in [3.05, 3.63) is 63.7 Å². The molecule has 6 nitrogen and oxygen atoms in total. The highest BCUT2D eigenvalue weighted by Crippen LogP contribution is 2.15. The number of rotatable bonds is 4. The third-order valence-corrected chi connectivity index (χ3v) is 3.08. The van der Waals surface area contributed by atoms with Gasteiger partial charge in [0.15, 0.2) is 5.11 Å². The van der Waals surface area contributed by atoms with E-state index >= 15 is 0 Å². The molecule has 0 heterocycles. The third-order valence-electron chi connectivity index (χ3n) is 2.88. The van der Waals surface area contributed by atoms with E-state index in [1.165, 1.54) is 12.1 Å². The lowest BCUT2D eigenvalue weighted by atomic mass is 10.1. The van der Waals surface area contributed by atoms with Crippen LogP contribution >= 0.6 is 12.2 Å². The van der Waals surface area contributed by atoms with Crippen LogP contribution in [-0.4, -0.2) is 10.0 Å². The molecular formula is C15H16N4O2S. The van der Waals surface area contributed by atoms with Gasteiger partial charge in [-0.25, -0.2) is 0 Å². The number of hydrogen-bond donors (Lipinski definition) is 3. The molecule has 2 rings (SSSR count). The van der Waals surface area contributed by atoms with Crippen LogP contribution in [0.25, 0.3) is 0 Å². The van der Waals surface area contributed by atoms with E-state index in [0.29, 0.717) is 10.8 Å². The highest BCUT2D eigenvalue weighted by atomic mass is 32.1. The van der Waals surface area contributed by atoms with Crippen molar-refractivity contribution in [2.24, 2.45) is 0 Å². The second-order valence-corrected chi connectivity index (χ2v) is 5.29. The smallest absolute Gasteiger partial charge is 0.269 e. The molecule has 7 heteroatoms. The number of nitro benzene ring substituents is 1. The van der Waals surface area contributed by atoms with Gasteiger partial charge in [-0.05, 0) is 61.5 Å². The lowest BCUT2D eigenvalue weighted by Gasteiger charge is -2.13. The fraction of sp³-hybridized carbons (Fsp3) is 0.133. The molecule has 0 saturated heterocycles. The second kappa shape index (κ2) is 6.86. The Balaban J connectivity index is 1.91. The molecule has 0 amide bonds. The zero-order valence-electron chi connectivity index (χ0n) is 12.2. The maximum Gasteiger partial charge on any atom is 0.269 e. The van der Waals surface area contributed by atoms with Crippen LogP contribution in [0.3, 0.4) is 0 Å². The first-order valence-electron chi connectivity index (χ1n) is 6.60. The Kier molecular flexibility index (Phi) is 4.90. The van der Waals surface area contributed by atoms with Crippen LogP contribution in [0.15, 0.2) is 42.5 Å². The maximum atomic E-state index is 10.6. The Hall–Kier alpha value is -2.67. The van der Waals surface area contributed by atoms with Crippen LogP contribution in [0.5, 0.6) is 0 Å². The molecule has 0 atom stereocenters. The van der Waals surface area contributed by atoms with Crippen molar-refractivity contribution in [2.75, 3.05) is 10.7 Å². The van der Waals surface area contributed by atoms with Crippen molar-refractivity contribution < 1.29 is 4.92 Å². The molecule has 0 aliphatic carbocycles. The molecule has 114 valence electrons. The van der Waals surface area contributed by atoms with Crippen molar-refractivity contribution in [3.63, 3.8) is 0 Å². The molecule has 22 heavy (non-hydrogen) atoms. The first kappa shape index (κ1) is 15.7. The fourth-order valence-electron chi connectivity index (χ4n) is 2.00. The van der Waals surface area contributed by atoms with Gasteiger partial charge in [0, 0.05) is 17.8 Å². The molecular weight excluding hydrogens is 300 g/mol. The molecule has 0 unspecified atom stereocenters. The zero-order valence-corrected chi connectivity index (χ0v) is 13.0. The molecule has 0 spiro atoms. The summed E-state index contributed by atoms with van der Waals surface area (Å²) in [5.74, 6) is 0. The van der Waals surface area contributed by atoms with Gasteiger partial charge in [0.25, 0.3) is 5.69 Å². The number of non-ortho nitro benzene ring substituents is 1. The second-order valence-electron chi connectivity index (χ2n) is 4.88. The molecule has 0 fully saturated rings. The Labute approximate surface area is 133 Å². The lowest BCUT2D eigenvalue weighted by Crippen LogP contribution is -2.33.